The maximum absolute atomic E-state index is 12.0. The van der Waals surface area contributed by atoms with Crippen LogP contribution in [-0.2, 0) is 0 Å². The molecule has 24 heavy (non-hydrogen) atoms. The summed E-state index contributed by atoms with van der Waals surface area (Å²) in [5, 5.41) is 5.98. The van der Waals surface area contributed by atoms with Gasteiger partial charge in [-0.15, -0.1) is 6.58 Å². The van der Waals surface area contributed by atoms with E-state index in [2.05, 4.69) is 53.1 Å². The summed E-state index contributed by atoms with van der Waals surface area (Å²) in [5.41, 5.74) is 2.69. The average Bonchev–Trinajstić information content (AvgIpc) is 2.62. The molecule has 0 saturated heterocycles. The fourth-order valence-electron chi connectivity index (χ4n) is 2.40. The molecule has 2 N–H and O–H groups in total. The molecule has 2 rings (SSSR count). The lowest BCUT2D eigenvalue weighted by atomic mass is 10.2. The molecule has 0 atom stereocenters. The van der Waals surface area contributed by atoms with Gasteiger partial charge in [-0.2, -0.15) is 0 Å². The van der Waals surface area contributed by atoms with Crippen LogP contribution < -0.4 is 15.5 Å². The molecule has 5 heteroatoms. The third-order valence-corrected chi connectivity index (χ3v) is 3.70. The molecule has 0 aliphatic carbocycles. The molecule has 0 bridgehead atoms. The van der Waals surface area contributed by atoms with Crippen molar-refractivity contribution >= 4 is 23.1 Å². The smallest absolute Gasteiger partial charge is 0.251 e. The van der Waals surface area contributed by atoms with Gasteiger partial charge in [-0.1, -0.05) is 6.08 Å². The molecule has 126 valence electrons. The number of hydrogen-bond acceptors (Lipinski definition) is 4. The van der Waals surface area contributed by atoms with Gasteiger partial charge in [0.05, 0.1) is 0 Å². The Morgan fingerprint density at radius 3 is 2.54 bits per heavy atom. The van der Waals surface area contributed by atoms with Crippen molar-refractivity contribution in [2.45, 2.75) is 13.8 Å². The van der Waals surface area contributed by atoms with Crippen molar-refractivity contribution in [3.63, 3.8) is 0 Å². The number of amides is 1. The van der Waals surface area contributed by atoms with Crippen LogP contribution in [0, 0.1) is 0 Å². The van der Waals surface area contributed by atoms with E-state index in [0.717, 1.165) is 18.8 Å². The number of pyridine rings is 1. The second kappa shape index (κ2) is 8.72. The predicted octanol–water partition coefficient (Wildman–Crippen LogP) is 3.59. The summed E-state index contributed by atoms with van der Waals surface area (Å²) in [7, 11) is 0. The molecule has 0 radical (unpaired) electrons. The lowest BCUT2D eigenvalue weighted by Crippen LogP contribution is -2.23. The van der Waals surface area contributed by atoms with E-state index < -0.39 is 0 Å². The molecule has 1 aromatic carbocycles. The lowest BCUT2D eigenvalue weighted by Gasteiger charge is -2.21. The van der Waals surface area contributed by atoms with Crippen LogP contribution in [0.3, 0.4) is 0 Å². The first-order chi connectivity index (χ1) is 11.7. The monoisotopic (exact) mass is 324 g/mol. The zero-order valence-corrected chi connectivity index (χ0v) is 14.2. The summed E-state index contributed by atoms with van der Waals surface area (Å²) in [5.74, 6) is 0.495. The van der Waals surface area contributed by atoms with Crippen LogP contribution in [0.4, 0.5) is 17.2 Å². The van der Waals surface area contributed by atoms with Gasteiger partial charge in [0, 0.05) is 42.8 Å². The minimum absolute atomic E-state index is 0.141. The van der Waals surface area contributed by atoms with Crippen molar-refractivity contribution in [2.75, 3.05) is 29.9 Å². The van der Waals surface area contributed by atoms with E-state index in [4.69, 9.17) is 0 Å². The Balaban J connectivity index is 2.08. The number of anilines is 3. The van der Waals surface area contributed by atoms with Gasteiger partial charge in [0.1, 0.15) is 5.82 Å². The molecule has 1 amide bonds. The van der Waals surface area contributed by atoms with Crippen molar-refractivity contribution in [1.82, 2.24) is 10.3 Å². The standard InChI is InChI=1S/C19H24N4O/c1-4-12-21-19(24)15-11-13-20-18(14-15)22-16-7-9-17(10-8-16)23(5-2)6-3/h4,7-11,13-14H,1,5-6,12H2,2-3H3,(H,20,22)(H,21,24). The van der Waals surface area contributed by atoms with Gasteiger partial charge in [-0.05, 0) is 50.2 Å². The number of rotatable bonds is 8. The van der Waals surface area contributed by atoms with Crippen LogP contribution >= 0.6 is 0 Å². The van der Waals surface area contributed by atoms with Gasteiger partial charge < -0.3 is 15.5 Å². The van der Waals surface area contributed by atoms with Crippen molar-refractivity contribution in [3.05, 3.63) is 60.8 Å². The first kappa shape index (κ1) is 17.5. The lowest BCUT2D eigenvalue weighted by molar-refractivity contribution is 0.0958. The number of nitrogens with zero attached hydrogens (tertiary/aromatic N) is 2. The Kier molecular flexibility index (Phi) is 6.37. The van der Waals surface area contributed by atoms with Gasteiger partial charge in [0.2, 0.25) is 0 Å². The van der Waals surface area contributed by atoms with E-state index in [9.17, 15) is 4.79 Å². The Morgan fingerprint density at radius 1 is 1.21 bits per heavy atom. The molecular weight excluding hydrogens is 300 g/mol. The molecular formula is C19H24N4O. The van der Waals surface area contributed by atoms with E-state index in [-0.39, 0.29) is 5.91 Å². The van der Waals surface area contributed by atoms with E-state index >= 15 is 0 Å². The molecule has 0 aliphatic rings. The second-order valence-electron chi connectivity index (χ2n) is 5.27. The molecule has 5 nitrogen and oxygen atoms in total. The summed E-state index contributed by atoms with van der Waals surface area (Å²) in [6.45, 7) is 10.3. The molecule has 1 aromatic heterocycles. The highest BCUT2D eigenvalue weighted by Crippen LogP contribution is 2.20. The summed E-state index contributed by atoms with van der Waals surface area (Å²) in [6.07, 6.45) is 3.27. The van der Waals surface area contributed by atoms with E-state index in [1.165, 1.54) is 5.69 Å². The highest BCUT2D eigenvalue weighted by molar-refractivity contribution is 5.95. The number of benzene rings is 1. The van der Waals surface area contributed by atoms with Crippen LogP contribution in [0.5, 0.6) is 0 Å². The van der Waals surface area contributed by atoms with Crippen molar-refractivity contribution in [1.29, 1.82) is 0 Å². The second-order valence-corrected chi connectivity index (χ2v) is 5.27. The first-order valence-electron chi connectivity index (χ1n) is 8.15. The Hall–Kier alpha value is -2.82. The molecule has 2 aromatic rings. The van der Waals surface area contributed by atoms with Crippen molar-refractivity contribution < 1.29 is 4.79 Å². The van der Waals surface area contributed by atoms with Gasteiger partial charge in [0.25, 0.3) is 5.91 Å². The number of nitrogens with one attached hydrogen (secondary N) is 2. The maximum atomic E-state index is 12.0. The van der Waals surface area contributed by atoms with E-state index in [0.29, 0.717) is 17.9 Å². The van der Waals surface area contributed by atoms with E-state index in [1.54, 1.807) is 24.4 Å². The largest absolute Gasteiger partial charge is 0.372 e. The number of carbonyl (C=O) groups is 1. The number of aromatic nitrogens is 1. The SMILES string of the molecule is C=CCNC(=O)c1ccnc(Nc2ccc(N(CC)CC)cc2)c1. The third kappa shape index (κ3) is 4.59. The zero-order chi connectivity index (χ0) is 17.4. The van der Waals surface area contributed by atoms with Gasteiger partial charge >= 0.3 is 0 Å². The Labute approximate surface area is 143 Å². The highest BCUT2D eigenvalue weighted by atomic mass is 16.1. The van der Waals surface area contributed by atoms with Crippen LogP contribution in [-0.4, -0.2) is 30.5 Å². The molecule has 0 fully saturated rings. The molecule has 0 unspecified atom stereocenters. The van der Waals surface area contributed by atoms with Crippen LogP contribution in [0.2, 0.25) is 0 Å². The van der Waals surface area contributed by atoms with Crippen LogP contribution in [0.25, 0.3) is 0 Å². The van der Waals surface area contributed by atoms with E-state index in [1.807, 2.05) is 12.1 Å². The zero-order valence-electron chi connectivity index (χ0n) is 14.2. The molecule has 1 heterocycles. The third-order valence-electron chi connectivity index (χ3n) is 3.70. The van der Waals surface area contributed by atoms with Crippen molar-refractivity contribution in [3.8, 4) is 0 Å². The van der Waals surface area contributed by atoms with Gasteiger partial charge in [-0.3, -0.25) is 4.79 Å². The fraction of sp³-hybridized carbons (Fsp3) is 0.263. The fourth-order valence-corrected chi connectivity index (χ4v) is 2.40. The first-order valence-corrected chi connectivity index (χ1v) is 8.15. The van der Waals surface area contributed by atoms with Crippen molar-refractivity contribution in [2.24, 2.45) is 0 Å². The highest BCUT2D eigenvalue weighted by Gasteiger charge is 2.06. The maximum Gasteiger partial charge on any atom is 0.251 e. The topological polar surface area (TPSA) is 57.3 Å². The summed E-state index contributed by atoms with van der Waals surface area (Å²) >= 11 is 0. The number of carbonyl (C=O) groups excluding carboxylic acids is 1. The van der Waals surface area contributed by atoms with Crippen LogP contribution in [0.15, 0.2) is 55.3 Å². The normalized spacial score (nSPS) is 10.1. The minimum Gasteiger partial charge on any atom is -0.372 e. The average molecular weight is 324 g/mol. The predicted molar refractivity (Wildman–Crippen MR) is 100 cm³/mol. The quantitative estimate of drug-likeness (QED) is 0.729. The van der Waals surface area contributed by atoms with Gasteiger partial charge in [0.15, 0.2) is 0 Å². The number of hydrogen-bond donors (Lipinski definition) is 2. The molecule has 0 saturated carbocycles. The van der Waals surface area contributed by atoms with Crippen LogP contribution in [0.1, 0.15) is 24.2 Å². The summed E-state index contributed by atoms with van der Waals surface area (Å²) < 4.78 is 0. The molecule has 0 spiro atoms. The summed E-state index contributed by atoms with van der Waals surface area (Å²) in [4.78, 5) is 18.5. The van der Waals surface area contributed by atoms with Gasteiger partial charge in [-0.25, -0.2) is 4.98 Å². The molecule has 0 aliphatic heterocycles. The minimum atomic E-state index is -0.141. The Morgan fingerprint density at radius 2 is 1.92 bits per heavy atom. The summed E-state index contributed by atoms with van der Waals surface area (Å²) in [6, 6.07) is 11.6. The Bertz CT molecular complexity index is 678.